The fourth-order valence-corrected chi connectivity index (χ4v) is 2.34. The van der Waals surface area contributed by atoms with E-state index in [9.17, 15) is 9.18 Å². The summed E-state index contributed by atoms with van der Waals surface area (Å²) in [5, 5.41) is 0. The standard InChI is InChI=1S/C13H16BrFN2O2/c1-16-4-6-17(7-5-16)13(18)9-19-12-3-2-10(15)8-11(12)14/h2-3,8H,4-7,9H2,1H3. The highest BCUT2D eigenvalue weighted by molar-refractivity contribution is 9.10. The second kappa shape index (κ2) is 6.34. The maximum absolute atomic E-state index is 12.9. The van der Waals surface area contributed by atoms with Gasteiger partial charge >= 0.3 is 0 Å². The lowest BCUT2D eigenvalue weighted by Gasteiger charge is -2.32. The minimum atomic E-state index is -0.343. The number of benzene rings is 1. The summed E-state index contributed by atoms with van der Waals surface area (Å²) < 4.78 is 18.8. The molecular formula is C13H16BrFN2O2. The molecule has 0 aromatic heterocycles. The van der Waals surface area contributed by atoms with Gasteiger partial charge in [-0.3, -0.25) is 4.79 Å². The van der Waals surface area contributed by atoms with Crippen molar-refractivity contribution in [2.45, 2.75) is 0 Å². The molecule has 0 aliphatic carbocycles. The molecular weight excluding hydrogens is 315 g/mol. The Labute approximate surface area is 120 Å². The molecule has 19 heavy (non-hydrogen) atoms. The van der Waals surface area contributed by atoms with Gasteiger partial charge in [-0.2, -0.15) is 0 Å². The minimum Gasteiger partial charge on any atom is -0.483 e. The fraction of sp³-hybridized carbons (Fsp3) is 0.462. The van der Waals surface area contributed by atoms with E-state index in [2.05, 4.69) is 20.8 Å². The third-order valence-corrected chi connectivity index (χ3v) is 3.72. The van der Waals surface area contributed by atoms with Gasteiger partial charge in [-0.25, -0.2) is 4.39 Å². The molecule has 1 saturated heterocycles. The van der Waals surface area contributed by atoms with E-state index >= 15 is 0 Å². The average Bonchev–Trinajstić information content (AvgIpc) is 2.38. The van der Waals surface area contributed by atoms with Crippen LogP contribution in [0.4, 0.5) is 4.39 Å². The zero-order valence-corrected chi connectivity index (χ0v) is 12.3. The lowest BCUT2D eigenvalue weighted by molar-refractivity contribution is -0.134. The summed E-state index contributed by atoms with van der Waals surface area (Å²) in [5.74, 6) is 0.0952. The Balaban J connectivity index is 1.86. The van der Waals surface area contributed by atoms with Crippen molar-refractivity contribution in [2.75, 3.05) is 39.8 Å². The minimum absolute atomic E-state index is 0.0199. The number of carbonyl (C=O) groups excluding carboxylic acids is 1. The molecule has 0 atom stereocenters. The number of hydrogen-bond donors (Lipinski definition) is 0. The van der Waals surface area contributed by atoms with Gasteiger partial charge in [0.05, 0.1) is 4.47 Å². The molecule has 0 unspecified atom stereocenters. The number of piperazine rings is 1. The van der Waals surface area contributed by atoms with Gasteiger partial charge in [0.25, 0.3) is 5.91 Å². The van der Waals surface area contributed by atoms with Crippen LogP contribution in [0.3, 0.4) is 0 Å². The van der Waals surface area contributed by atoms with Crippen molar-refractivity contribution in [3.8, 4) is 5.75 Å². The zero-order valence-electron chi connectivity index (χ0n) is 10.7. The first kappa shape index (κ1) is 14.3. The number of amides is 1. The Bertz CT molecular complexity index is 462. The molecule has 1 aromatic carbocycles. The number of likely N-dealkylation sites (N-methyl/N-ethyl adjacent to an activating group) is 1. The maximum Gasteiger partial charge on any atom is 0.260 e. The number of halogens is 2. The fourth-order valence-electron chi connectivity index (χ4n) is 1.88. The SMILES string of the molecule is CN1CCN(C(=O)COc2ccc(F)cc2Br)CC1. The molecule has 0 bridgehead atoms. The second-order valence-corrected chi connectivity index (χ2v) is 5.40. The molecule has 0 spiro atoms. The van der Waals surface area contributed by atoms with Crippen molar-refractivity contribution >= 4 is 21.8 Å². The Morgan fingerprint density at radius 3 is 2.68 bits per heavy atom. The van der Waals surface area contributed by atoms with E-state index in [0.29, 0.717) is 10.2 Å². The molecule has 0 saturated carbocycles. The van der Waals surface area contributed by atoms with Crippen molar-refractivity contribution in [3.05, 3.63) is 28.5 Å². The number of ether oxygens (including phenoxy) is 1. The number of hydrogen-bond acceptors (Lipinski definition) is 3. The molecule has 104 valence electrons. The van der Waals surface area contributed by atoms with Gasteiger partial charge < -0.3 is 14.5 Å². The monoisotopic (exact) mass is 330 g/mol. The first-order chi connectivity index (χ1) is 9.06. The van der Waals surface area contributed by atoms with Gasteiger partial charge in [0.2, 0.25) is 0 Å². The normalized spacial score (nSPS) is 16.5. The molecule has 1 heterocycles. The molecule has 4 nitrogen and oxygen atoms in total. The highest BCUT2D eigenvalue weighted by Gasteiger charge is 2.19. The predicted molar refractivity (Wildman–Crippen MR) is 73.7 cm³/mol. The van der Waals surface area contributed by atoms with E-state index in [1.54, 1.807) is 4.90 Å². The summed E-state index contributed by atoms with van der Waals surface area (Å²) in [6, 6.07) is 4.13. The van der Waals surface area contributed by atoms with Gasteiger partial charge in [-0.05, 0) is 41.2 Å². The Morgan fingerprint density at radius 2 is 2.05 bits per heavy atom. The first-order valence-corrected chi connectivity index (χ1v) is 6.90. The van der Waals surface area contributed by atoms with E-state index in [0.717, 1.165) is 26.2 Å². The molecule has 2 rings (SSSR count). The topological polar surface area (TPSA) is 32.8 Å². The molecule has 1 aromatic rings. The molecule has 1 aliphatic rings. The van der Waals surface area contributed by atoms with Crippen molar-refractivity contribution in [1.82, 2.24) is 9.80 Å². The second-order valence-electron chi connectivity index (χ2n) is 4.55. The van der Waals surface area contributed by atoms with Crippen LogP contribution in [0.2, 0.25) is 0 Å². The summed E-state index contributed by atoms with van der Waals surface area (Å²) in [5.41, 5.74) is 0. The van der Waals surface area contributed by atoms with E-state index in [4.69, 9.17) is 4.74 Å². The molecule has 1 fully saturated rings. The van der Waals surface area contributed by atoms with Crippen LogP contribution in [-0.4, -0.2) is 55.5 Å². The highest BCUT2D eigenvalue weighted by Crippen LogP contribution is 2.25. The third kappa shape index (κ3) is 3.91. The van der Waals surface area contributed by atoms with Crippen molar-refractivity contribution in [2.24, 2.45) is 0 Å². The number of carbonyl (C=O) groups is 1. The summed E-state index contributed by atoms with van der Waals surface area (Å²) >= 11 is 3.20. The van der Waals surface area contributed by atoms with E-state index in [-0.39, 0.29) is 18.3 Å². The van der Waals surface area contributed by atoms with Crippen LogP contribution in [0, 0.1) is 5.82 Å². The van der Waals surface area contributed by atoms with Gasteiger partial charge in [-0.15, -0.1) is 0 Å². The van der Waals surface area contributed by atoms with Crippen LogP contribution in [0.1, 0.15) is 0 Å². The van der Waals surface area contributed by atoms with Crippen LogP contribution in [0.15, 0.2) is 22.7 Å². The zero-order chi connectivity index (χ0) is 13.8. The Morgan fingerprint density at radius 1 is 1.37 bits per heavy atom. The summed E-state index contributed by atoms with van der Waals surface area (Å²) in [4.78, 5) is 15.9. The van der Waals surface area contributed by atoms with E-state index in [1.807, 2.05) is 7.05 Å². The molecule has 1 aliphatic heterocycles. The predicted octanol–water partition coefficient (Wildman–Crippen LogP) is 1.74. The van der Waals surface area contributed by atoms with Crippen LogP contribution >= 0.6 is 15.9 Å². The van der Waals surface area contributed by atoms with Gasteiger partial charge in [0, 0.05) is 26.2 Å². The van der Waals surface area contributed by atoms with E-state index in [1.165, 1.54) is 18.2 Å². The van der Waals surface area contributed by atoms with Crippen LogP contribution < -0.4 is 4.74 Å². The van der Waals surface area contributed by atoms with Crippen LogP contribution in [0.25, 0.3) is 0 Å². The van der Waals surface area contributed by atoms with Crippen molar-refractivity contribution in [1.29, 1.82) is 0 Å². The highest BCUT2D eigenvalue weighted by atomic mass is 79.9. The smallest absolute Gasteiger partial charge is 0.260 e. The lowest BCUT2D eigenvalue weighted by Crippen LogP contribution is -2.48. The lowest BCUT2D eigenvalue weighted by atomic mass is 10.3. The largest absolute Gasteiger partial charge is 0.483 e. The summed E-state index contributed by atoms with van der Waals surface area (Å²) in [6.45, 7) is 3.19. The van der Waals surface area contributed by atoms with Crippen molar-refractivity contribution < 1.29 is 13.9 Å². The summed E-state index contributed by atoms with van der Waals surface area (Å²) in [6.07, 6.45) is 0. The van der Waals surface area contributed by atoms with Crippen LogP contribution in [-0.2, 0) is 4.79 Å². The van der Waals surface area contributed by atoms with E-state index < -0.39 is 0 Å². The Kier molecular flexibility index (Phi) is 4.76. The molecule has 0 N–H and O–H groups in total. The number of rotatable bonds is 3. The summed E-state index contributed by atoms with van der Waals surface area (Å²) in [7, 11) is 2.04. The maximum atomic E-state index is 12.9. The van der Waals surface area contributed by atoms with Gasteiger partial charge in [0.15, 0.2) is 6.61 Å². The molecule has 1 amide bonds. The quantitative estimate of drug-likeness (QED) is 0.846. The average molecular weight is 331 g/mol. The van der Waals surface area contributed by atoms with Crippen LogP contribution in [0.5, 0.6) is 5.75 Å². The first-order valence-electron chi connectivity index (χ1n) is 6.10. The molecule has 0 radical (unpaired) electrons. The van der Waals surface area contributed by atoms with Gasteiger partial charge in [0.1, 0.15) is 11.6 Å². The molecule has 6 heteroatoms. The van der Waals surface area contributed by atoms with Crippen molar-refractivity contribution in [3.63, 3.8) is 0 Å². The van der Waals surface area contributed by atoms with Gasteiger partial charge in [-0.1, -0.05) is 0 Å². The number of nitrogens with zero attached hydrogens (tertiary/aromatic N) is 2. The third-order valence-electron chi connectivity index (χ3n) is 3.10. The Hall–Kier alpha value is -1.14.